The number of halogens is 3. The largest absolute Gasteiger partial charge is 0.456 e. The van der Waals surface area contributed by atoms with Crippen LogP contribution in [0.5, 0.6) is 0 Å². The molecular formula is C39H41F3N2O10. The van der Waals surface area contributed by atoms with Gasteiger partial charge in [0.25, 0.3) is 11.8 Å². The molecular weight excluding hydrogens is 713 g/mol. The van der Waals surface area contributed by atoms with Crippen molar-refractivity contribution < 1.29 is 61.3 Å². The summed E-state index contributed by atoms with van der Waals surface area (Å²) in [7, 11) is 0. The number of rotatable bonds is 9. The third kappa shape index (κ3) is 5.44. The lowest BCUT2D eigenvalue weighted by molar-refractivity contribution is -0.235. The van der Waals surface area contributed by atoms with Gasteiger partial charge in [-0.05, 0) is 75.8 Å². The highest BCUT2D eigenvalue weighted by Gasteiger charge is 2.80. The normalized spacial score (nSPS) is 38.0. The molecule has 15 heteroatoms. The second-order valence-electron chi connectivity index (χ2n) is 16.0. The lowest BCUT2D eigenvalue weighted by atomic mass is 9.44. The third-order valence-corrected chi connectivity index (χ3v) is 12.7. The first kappa shape index (κ1) is 37.8. The number of ketones is 2. The summed E-state index contributed by atoms with van der Waals surface area (Å²) in [6.07, 6.45) is -1.28. The molecule has 7 rings (SSSR count). The van der Waals surface area contributed by atoms with Crippen LogP contribution in [0.1, 0.15) is 65.2 Å². The van der Waals surface area contributed by atoms with Crippen LogP contribution in [0.25, 0.3) is 0 Å². The smallest absolute Gasteiger partial charge is 0.331 e. The molecule has 2 heterocycles. The Balaban J connectivity index is 1.15. The third-order valence-electron chi connectivity index (χ3n) is 12.7. The Morgan fingerprint density at radius 1 is 1.07 bits per heavy atom. The number of aliphatic hydroxyl groups excluding tert-OH is 1. The van der Waals surface area contributed by atoms with Crippen molar-refractivity contribution in [2.24, 2.45) is 22.7 Å². The molecule has 1 saturated heterocycles. The van der Waals surface area contributed by atoms with Crippen LogP contribution in [-0.4, -0.2) is 93.6 Å². The average molecular weight is 755 g/mol. The van der Waals surface area contributed by atoms with E-state index in [9.17, 15) is 38.3 Å². The summed E-state index contributed by atoms with van der Waals surface area (Å²) in [6.45, 7) is 4.63. The maximum Gasteiger partial charge on any atom is 0.331 e. The molecule has 1 aromatic carbocycles. The van der Waals surface area contributed by atoms with E-state index in [4.69, 9.17) is 14.2 Å². The van der Waals surface area contributed by atoms with Gasteiger partial charge in [-0.2, -0.15) is 0 Å². The molecule has 1 aromatic rings. The number of carbonyl (C=O) groups excluding carboxylic acids is 6. The number of allylic oxidation sites excluding steroid dienone is 4. The predicted octanol–water partition coefficient (Wildman–Crippen LogP) is 3.23. The molecule has 4 aliphatic carbocycles. The van der Waals surface area contributed by atoms with Crippen LogP contribution < -0.4 is 5.32 Å². The summed E-state index contributed by atoms with van der Waals surface area (Å²) >= 11 is 0. The van der Waals surface area contributed by atoms with Gasteiger partial charge in [-0.25, -0.2) is 18.0 Å². The van der Waals surface area contributed by atoms with Gasteiger partial charge in [0.2, 0.25) is 11.7 Å². The Bertz CT molecular complexity index is 1930. The van der Waals surface area contributed by atoms with E-state index in [1.54, 1.807) is 6.92 Å². The Morgan fingerprint density at radius 2 is 1.78 bits per heavy atom. The van der Waals surface area contributed by atoms with Crippen molar-refractivity contribution in [3.05, 3.63) is 71.6 Å². The summed E-state index contributed by atoms with van der Waals surface area (Å²) in [5.41, 5.74) is -9.06. The quantitative estimate of drug-likeness (QED) is 0.283. The molecule has 0 unspecified atom stereocenters. The second kappa shape index (κ2) is 12.8. The van der Waals surface area contributed by atoms with Crippen LogP contribution in [0.4, 0.5) is 13.2 Å². The molecule has 6 aliphatic rings. The van der Waals surface area contributed by atoms with Gasteiger partial charge in [-0.3, -0.25) is 28.9 Å². The van der Waals surface area contributed by atoms with Crippen LogP contribution in [0.3, 0.4) is 0 Å². The van der Waals surface area contributed by atoms with Gasteiger partial charge in [0, 0.05) is 47.4 Å². The zero-order valence-electron chi connectivity index (χ0n) is 30.1. The van der Waals surface area contributed by atoms with E-state index >= 15 is 8.78 Å². The molecule has 10 atom stereocenters. The molecule has 0 radical (unpaired) electrons. The molecule has 12 nitrogen and oxygen atoms in total. The van der Waals surface area contributed by atoms with Crippen LogP contribution in [0.15, 0.2) is 60.2 Å². The van der Waals surface area contributed by atoms with Crippen molar-refractivity contribution >= 4 is 35.3 Å². The number of nitrogens with zero attached hydrogens (tertiary/aromatic N) is 1. The predicted molar refractivity (Wildman–Crippen MR) is 181 cm³/mol. The number of imide groups is 1. The number of hydrogen-bond acceptors (Lipinski definition) is 10. The fourth-order valence-electron chi connectivity index (χ4n) is 10.00. The fourth-order valence-corrected chi connectivity index (χ4v) is 10.00. The van der Waals surface area contributed by atoms with Gasteiger partial charge in [0.05, 0.1) is 12.2 Å². The van der Waals surface area contributed by atoms with E-state index in [1.807, 2.05) is 0 Å². The second-order valence-corrected chi connectivity index (χ2v) is 16.0. The van der Waals surface area contributed by atoms with Crippen molar-refractivity contribution in [1.82, 2.24) is 10.2 Å². The van der Waals surface area contributed by atoms with Crippen LogP contribution in [0.2, 0.25) is 0 Å². The SMILES string of the molecule is CC(C)(NC(=O)CCN1C(=O)C=CC1=O)C(=O)OCC(=O)[C@@]12O[C@H](c3cccc(F)c3)O[C@@H]1C[C@H]1[C@@H]3C[C@H](F)C4=CC(=O)C=C[C@]4(C)[C@@]3(F)[C@@H](O)C[C@@]12C. The zero-order valence-corrected chi connectivity index (χ0v) is 30.1. The lowest BCUT2D eigenvalue weighted by Gasteiger charge is -2.63. The number of Topliss-reactive ketones (excluding diaryl/α,β-unsaturated/α-hetero) is 1. The van der Waals surface area contributed by atoms with E-state index < -0.39 is 112 Å². The molecule has 0 aromatic heterocycles. The van der Waals surface area contributed by atoms with Gasteiger partial charge < -0.3 is 24.6 Å². The van der Waals surface area contributed by atoms with Gasteiger partial charge in [0.1, 0.15) is 17.5 Å². The Labute approximate surface area is 308 Å². The minimum atomic E-state index is -2.45. The van der Waals surface area contributed by atoms with Crippen molar-refractivity contribution in [2.75, 3.05) is 13.2 Å². The zero-order chi connectivity index (χ0) is 39.2. The standard InChI is InChI=1S/C39H41F3N2O10/c1-35(2,43-30(48)11-13-44-31(49)8-9-32(44)50)34(51)52-19-28(47)39-29(53-33(54-39)20-6-5-7-21(40)14-20)17-23-24-16-26(41)25-15-22(45)10-12-36(25,3)38(24,42)27(46)18-37(23,39)4/h5-10,12,14-15,23-24,26-27,29,33,46H,11,13,16-19H2,1-4H3,(H,43,48)/t23-,24-,26-,27-,29+,33+,36-,37-,38-,39+/m0/s1. The Morgan fingerprint density at radius 3 is 2.46 bits per heavy atom. The highest BCUT2D eigenvalue weighted by Crippen LogP contribution is 2.72. The number of alkyl halides is 2. The molecule has 2 aliphatic heterocycles. The fraction of sp³-hybridized carbons (Fsp3) is 0.538. The van der Waals surface area contributed by atoms with Crippen molar-refractivity contribution in [3.8, 4) is 0 Å². The van der Waals surface area contributed by atoms with Crippen molar-refractivity contribution in [3.63, 3.8) is 0 Å². The number of carbonyl (C=O) groups is 6. The molecule has 0 spiro atoms. The molecule has 0 bridgehead atoms. The molecule has 54 heavy (non-hydrogen) atoms. The molecule has 4 fully saturated rings. The molecule has 2 N–H and O–H groups in total. The van der Waals surface area contributed by atoms with Gasteiger partial charge in [-0.1, -0.05) is 25.1 Å². The highest BCUT2D eigenvalue weighted by molar-refractivity contribution is 6.13. The number of benzene rings is 1. The maximum atomic E-state index is 17.8. The van der Waals surface area contributed by atoms with Gasteiger partial charge in [0.15, 0.2) is 29.9 Å². The number of hydrogen-bond donors (Lipinski definition) is 2. The maximum absolute atomic E-state index is 17.8. The van der Waals surface area contributed by atoms with Crippen LogP contribution >= 0.6 is 0 Å². The van der Waals surface area contributed by atoms with Gasteiger partial charge >= 0.3 is 5.97 Å². The lowest BCUT2D eigenvalue weighted by Crippen LogP contribution is -2.70. The first-order valence-corrected chi connectivity index (χ1v) is 17.9. The molecule has 3 saturated carbocycles. The Hall–Kier alpha value is -4.47. The minimum Gasteiger partial charge on any atom is -0.456 e. The van der Waals surface area contributed by atoms with E-state index in [0.29, 0.717) is 0 Å². The number of nitrogens with one attached hydrogen (secondary N) is 1. The number of amides is 3. The summed E-state index contributed by atoms with van der Waals surface area (Å²) in [6, 6.07) is 5.35. The van der Waals surface area contributed by atoms with Crippen molar-refractivity contribution in [1.29, 1.82) is 0 Å². The molecule has 288 valence electrons. The van der Waals surface area contributed by atoms with Crippen LogP contribution in [-0.2, 0) is 43.0 Å². The van der Waals surface area contributed by atoms with Crippen LogP contribution in [0, 0.1) is 28.5 Å². The summed E-state index contributed by atoms with van der Waals surface area (Å²) in [5.74, 6) is -6.71. The van der Waals surface area contributed by atoms with Gasteiger partial charge in [-0.15, -0.1) is 0 Å². The summed E-state index contributed by atoms with van der Waals surface area (Å²) in [5, 5.41) is 14.3. The first-order valence-electron chi connectivity index (χ1n) is 17.9. The monoisotopic (exact) mass is 754 g/mol. The first-order chi connectivity index (χ1) is 25.3. The topological polar surface area (TPSA) is 166 Å². The van der Waals surface area contributed by atoms with E-state index in [0.717, 1.165) is 29.2 Å². The average Bonchev–Trinajstić information content (AvgIpc) is 3.73. The highest BCUT2D eigenvalue weighted by atomic mass is 19.1. The van der Waals surface area contributed by atoms with E-state index in [2.05, 4.69) is 5.32 Å². The number of aliphatic hydroxyl groups is 1. The van der Waals surface area contributed by atoms with Crippen molar-refractivity contribution in [2.45, 2.75) is 94.9 Å². The summed E-state index contributed by atoms with van der Waals surface area (Å²) in [4.78, 5) is 77.5. The summed E-state index contributed by atoms with van der Waals surface area (Å²) < 4.78 is 66.5. The number of fused-ring (bicyclic) bond motifs is 7. The minimum absolute atomic E-state index is 0.0192. The van der Waals surface area contributed by atoms with E-state index in [-0.39, 0.29) is 43.4 Å². The van der Waals surface area contributed by atoms with E-state index in [1.165, 1.54) is 51.1 Å². The number of ether oxygens (including phenoxy) is 3. The Kier molecular flexibility index (Phi) is 8.97. The number of esters is 1. The molecule has 3 amide bonds.